The van der Waals surface area contributed by atoms with E-state index in [1.54, 1.807) is 0 Å². The minimum Gasteiger partial charge on any atom is -0.494 e. The van der Waals surface area contributed by atoms with E-state index in [0.717, 1.165) is 37.9 Å². The van der Waals surface area contributed by atoms with Gasteiger partial charge in [-0.25, -0.2) is 0 Å². The maximum atomic E-state index is 10.8. The average molecular weight is 413 g/mol. The van der Waals surface area contributed by atoms with Crippen LogP contribution < -0.4 is 4.74 Å². The summed E-state index contributed by atoms with van der Waals surface area (Å²) in [5, 5.41) is 0. The van der Waals surface area contributed by atoms with Crippen LogP contribution in [0.4, 0.5) is 0 Å². The standard InChI is InChI=1S/C23H40O4S/c1-28(24,25)27-22-18-13-11-9-7-5-3-2-4-6-8-10-12-17-21-26-23-19-15-14-16-20-23/h14-16,19-20H,2-13,17-18,21-22H2,1H3. The molecule has 0 heterocycles. The Bertz CT molecular complexity index is 557. The van der Waals surface area contributed by atoms with Crippen LogP contribution in [-0.2, 0) is 14.3 Å². The third kappa shape index (κ3) is 17.1. The van der Waals surface area contributed by atoms with Gasteiger partial charge in [0.05, 0.1) is 19.5 Å². The SMILES string of the molecule is CS(=O)(=O)OCCCCCCCCCCCCCCCCOc1ccccc1. The van der Waals surface area contributed by atoms with Gasteiger partial charge in [0, 0.05) is 0 Å². The zero-order valence-electron chi connectivity index (χ0n) is 17.7. The van der Waals surface area contributed by atoms with Crippen LogP contribution in [0.15, 0.2) is 30.3 Å². The fourth-order valence-corrected chi connectivity index (χ4v) is 3.66. The lowest BCUT2D eigenvalue weighted by Gasteiger charge is -2.06. The molecule has 0 saturated carbocycles. The maximum absolute atomic E-state index is 10.8. The quantitative estimate of drug-likeness (QED) is 0.192. The van der Waals surface area contributed by atoms with Crippen molar-refractivity contribution in [3.8, 4) is 5.75 Å². The topological polar surface area (TPSA) is 52.6 Å². The maximum Gasteiger partial charge on any atom is 0.264 e. The fourth-order valence-electron chi connectivity index (χ4n) is 3.24. The van der Waals surface area contributed by atoms with Gasteiger partial charge >= 0.3 is 0 Å². The van der Waals surface area contributed by atoms with Crippen molar-refractivity contribution >= 4 is 10.1 Å². The summed E-state index contributed by atoms with van der Waals surface area (Å²) >= 11 is 0. The van der Waals surface area contributed by atoms with Crippen molar-refractivity contribution in [2.24, 2.45) is 0 Å². The predicted molar refractivity (Wildman–Crippen MR) is 117 cm³/mol. The number of hydrogen-bond acceptors (Lipinski definition) is 4. The molecule has 1 rings (SSSR count). The van der Waals surface area contributed by atoms with Gasteiger partial charge in [-0.1, -0.05) is 95.2 Å². The highest BCUT2D eigenvalue weighted by Gasteiger charge is 2.00. The molecule has 162 valence electrons. The zero-order valence-corrected chi connectivity index (χ0v) is 18.6. The molecular weight excluding hydrogens is 372 g/mol. The lowest BCUT2D eigenvalue weighted by Crippen LogP contribution is -2.03. The Kier molecular flexibility index (Phi) is 15.0. The average Bonchev–Trinajstić information content (AvgIpc) is 2.67. The highest BCUT2D eigenvalue weighted by molar-refractivity contribution is 7.85. The summed E-state index contributed by atoms with van der Waals surface area (Å²) in [4.78, 5) is 0. The van der Waals surface area contributed by atoms with Gasteiger partial charge in [0.25, 0.3) is 10.1 Å². The second kappa shape index (κ2) is 16.8. The molecular formula is C23H40O4S. The first-order valence-corrected chi connectivity index (χ1v) is 12.9. The summed E-state index contributed by atoms with van der Waals surface area (Å²) in [5.41, 5.74) is 0. The lowest BCUT2D eigenvalue weighted by atomic mass is 10.0. The van der Waals surface area contributed by atoms with Crippen LogP contribution in [-0.4, -0.2) is 27.9 Å². The molecule has 1 aromatic rings. The van der Waals surface area contributed by atoms with E-state index in [-0.39, 0.29) is 0 Å². The summed E-state index contributed by atoms with van der Waals surface area (Å²) in [7, 11) is -3.26. The summed E-state index contributed by atoms with van der Waals surface area (Å²) in [6.45, 7) is 1.16. The number of rotatable bonds is 19. The largest absolute Gasteiger partial charge is 0.494 e. The number of para-hydroxylation sites is 1. The van der Waals surface area contributed by atoms with Crippen molar-refractivity contribution in [3.05, 3.63) is 30.3 Å². The number of ether oxygens (including phenoxy) is 1. The molecule has 0 amide bonds. The molecule has 0 bridgehead atoms. The van der Waals surface area contributed by atoms with Crippen LogP contribution >= 0.6 is 0 Å². The second-order valence-corrected chi connectivity index (χ2v) is 9.28. The van der Waals surface area contributed by atoms with Crippen molar-refractivity contribution < 1.29 is 17.3 Å². The molecule has 0 atom stereocenters. The van der Waals surface area contributed by atoms with Gasteiger partial charge in [-0.2, -0.15) is 8.42 Å². The monoisotopic (exact) mass is 412 g/mol. The van der Waals surface area contributed by atoms with Crippen molar-refractivity contribution in [2.75, 3.05) is 19.5 Å². The van der Waals surface area contributed by atoms with Crippen LogP contribution in [0.2, 0.25) is 0 Å². The third-order valence-corrected chi connectivity index (χ3v) is 5.44. The summed E-state index contributed by atoms with van der Waals surface area (Å²) in [6, 6.07) is 10.1. The van der Waals surface area contributed by atoms with Crippen LogP contribution in [0, 0.1) is 0 Å². The first-order valence-electron chi connectivity index (χ1n) is 11.1. The molecule has 0 fully saturated rings. The van der Waals surface area contributed by atoms with E-state index in [2.05, 4.69) is 0 Å². The molecule has 28 heavy (non-hydrogen) atoms. The van der Waals surface area contributed by atoms with Gasteiger partial charge in [-0.3, -0.25) is 4.18 Å². The van der Waals surface area contributed by atoms with E-state index in [1.165, 1.54) is 70.6 Å². The van der Waals surface area contributed by atoms with E-state index < -0.39 is 10.1 Å². The number of unbranched alkanes of at least 4 members (excludes halogenated alkanes) is 13. The van der Waals surface area contributed by atoms with Crippen molar-refractivity contribution in [1.29, 1.82) is 0 Å². The Morgan fingerprint density at radius 1 is 0.607 bits per heavy atom. The molecule has 4 nitrogen and oxygen atoms in total. The Morgan fingerprint density at radius 2 is 1.00 bits per heavy atom. The van der Waals surface area contributed by atoms with Crippen molar-refractivity contribution in [1.82, 2.24) is 0 Å². The normalized spacial score (nSPS) is 11.6. The molecule has 0 spiro atoms. The first kappa shape index (κ1) is 25.0. The fraction of sp³-hybridized carbons (Fsp3) is 0.739. The Hall–Kier alpha value is -1.07. The predicted octanol–water partition coefficient (Wildman–Crippen LogP) is 6.50. The Balaban J connectivity index is 1.71. The van der Waals surface area contributed by atoms with Gasteiger partial charge in [0.2, 0.25) is 0 Å². The molecule has 0 saturated heterocycles. The number of benzene rings is 1. The van der Waals surface area contributed by atoms with Crippen LogP contribution in [0.1, 0.15) is 89.9 Å². The summed E-state index contributed by atoms with van der Waals surface area (Å²) in [6.07, 6.45) is 18.6. The summed E-state index contributed by atoms with van der Waals surface area (Å²) in [5.74, 6) is 0.975. The van der Waals surface area contributed by atoms with E-state index in [9.17, 15) is 8.42 Å². The third-order valence-electron chi connectivity index (χ3n) is 4.85. The van der Waals surface area contributed by atoms with Crippen LogP contribution in [0.3, 0.4) is 0 Å². The van der Waals surface area contributed by atoms with Crippen LogP contribution in [0.5, 0.6) is 5.75 Å². The minimum atomic E-state index is -3.26. The Morgan fingerprint density at radius 3 is 1.43 bits per heavy atom. The van der Waals surface area contributed by atoms with E-state index >= 15 is 0 Å². The van der Waals surface area contributed by atoms with Gasteiger partial charge in [0.1, 0.15) is 5.75 Å². The molecule has 0 aliphatic carbocycles. The van der Waals surface area contributed by atoms with Gasteiger partial charge in [-0.15, -0.1) is 0 Å². The smallest absolute Gasteiger partial charge is 0.264 e. The molecule has 0 N–H and O–H groups in total. The molecule has 0 unspecified atom stereocenters. The molecule has 0 radical (unpaired) electrons. The lowest BCUT2D eigenvalue weighted by molar-refractivity contribution is 0.304. The zero-order chi connectivity index (χ0) is 20.3. The number of hydrogen-bond donors (Lipinski definition) is 0. The Labute approximate surface area is 173 Å². The van der Waals surface area contributed by atoms with Gasteiger partial charge in [0.15, 0.2) is 0 Å². The second-order valence-electron chi connectivity index (χ2n) is 7.64. The molecule has 1 aromatic carbocycles. The first-order chi connectivity index (χ1) is 13.6. The summed E-state index contributed by atoms with van der Waals surface area (Å²) < 4.78 is 32.1. The van der Waals surface area contributed by atoms with E-state index in [1.807, 2.05) is 30.3 Å². The van der Waals surface area contributed by atoms with Gasteiger partial charge in [-0.05, 0) is 25.0 Å². The van der Waals surface area contributed by atoms with E-state index in [0.29, 0.717) is 6.61 Å². The van der Waals surface area contributed by atoms with E-state index in [4.69, 9.17) is 8.92 Å². The van der Waals surface area contributed by atoms with Crippen molar-refractivity contribution in [2.45, 2.75) is 89.9 Å². The molecule has 0 aromatic heterocycles. The van der Waals surface area contributed by atoms with Gasteiger partial charge < -0.3 is 4.74 Å². The molecule has 0 aliphatic heterocycles. The minimum absolute atomic E-state index is 0.332. The molecule has 5 heteroatoms. The van der Waals surface area contributed by atoms with Crippen LogP contribution in [0.25, 0.3) is 0 Å². The highest BCUT2D eigenvalue weighted by atomic mass is 32.2. The van der Waals surface area contributed by atoms with Crippen molar-refractivity contribution in [3.63, 3.8) is 0 Å². The highest BCUT2D eigenvalue weighted by Crippen LogP contribution is 2.14. The molecule has 0 aliphatic rings.